The van der Waals surface area contributed by atoms with Crippen molar-refractivity contribution in [2.45, 2.75) is 52.2 Å². The molecule has 0 fully saturated rings. The van der Waals surface area contributed by atoms with Crippen molar-refractivity contribution in [2.75, 3.05) is 5.32 Å². The summed E-state index contributed by atoms with van der Waals surface area (Å²) in [6.07, 6.45) is 2.87. The molecule has 0 spiro atoms. The minimum atomic E-state index is -3.90. The molecule has 2 amide bonds. The van der Waals surface area contributed by atoms with E-state index in [0.29, 0.717) is 11.4 Å². The first-order valence-electron chi connectivity index (χ1n) is 8.81. The first kappa shape index (κ1) is 20.8. The number of sulfonamides is 1. The van der Waals surface area contributed by atoms with E-state index >= 15 is 0 Å². The van der Waals surface area contributed by atoms with Gasteiger partial charge in [-0.1, -0.05) is 45.9 Å². The van der Waals surface area contributed by atoms with Crippen LogP contribution in [0.25, 0.3) is 0 Å². The number of carbonyl (C=O) groups is 1. The maximum atomic E-state index is 12.4. The molecule has 1 aromatic heterocycles. The zero-order chi connectivity index (χ0) is 20.2. The van der Waals surface area contributed by atoms with E-state index in [2.05, 4.69) is 20.0 Å². The molecule has 1 heterocycles. The van der Waals surface area contributed by atoms with Crippen molar-refractivity contribution in [1.82, 2.24) is 14.7 Å². The molecule has 0 saturated heterocycles. The van der Waals surface area contributed by atoms with Crippen LogP contribution in [0.5, 0.6) is 0 Å². The molecular formula is C19H26N4O3S. The second-order valence-electron chi connectivity index (χ2n) is 7.09. The third-order valence-electron chi connectivity index (χ3n) is 4.03. The molecule has 0 aliphatic rings. The molecule has 2 rings (SSSR count). The topological polar surface area (TPSA) is 101 Å². The zero-order valence-corrected chi connectivity index (χ0v) is 17.1. The van der Waals surface area contributed by atoms with Crippen molar-refractivity contribution in [3.63, 3.8) is 0 Å². The average molecular weight is 391 g/mol. The predicted molar refractivity (Wildman–Crippen MR) is 106 cm³/mol. The monoisotopic (exact) mass is 390 g/mol. The summed E-state index contributed by atoms with van der Waals surface area (Å²) in [6.45, 7) is 9.85. The summed E-state index contributed by atoms with van der Waals surface area (Å²) in [5, 5.41) is 2.73. The van der Waals surface area contributed by atoms with E-state index in [1.807, 2.05) is 45.9 Å². The molecule has 0 saturated carbocycles. The Labute approximate surface area is 160 Å². The summed E-state index contributed by atoms with van der Waals surface area (Å²) in [5.41, 5.74) is 3.53. The molecule has 0 aliphatic carbocycles. The third-order valence-corrected chi connectivity index (χ3v) is 5.20. The van der Waals surface area contributed by atoms with Gasteiger partial charge >= 0.3 is 6.03 Å². The average Bonchev–Trinajstić information content (AvgIpc) is 2.55. The lowest BCUT2D eigenvalue weighted by Gasteiger charge is -2.20. The molecule has 0 aliphatic heterocycles. The molecule has 7 nitrogen and oxygen atoms in total. The molecule has 0 bridgehead atoms. The van der Waals surface area contributed by atoms with Crippen LogP contribution in [0, 0.1) is 6.92 Å². The van der Waals surface area contributed by atoms with Gasteiger partial charge in [0.15, 0.2) is 0 Å². The largest absolute Gasteiger partial charge is 0.332 e. The molecule has 0 atom stereocenters. The van der Waals surface area contributed by atoms with E-state index in [4.69, 9.17) is 0 Å². The molecular weight excluding hydrogens is 364 g/mol. The summed E-state index contributed by atoms with van der Waals surface area (Å²) >= 11 is 0. The van der Waals surface area contributed by atoms with Gasteiger partial charge < -0.3 is 5.32 Å². The second kappa shape index (κ2) is 8.47. The van der Waals surface area contributed by atoms with Gasteiger partial charge in [0.1, 0.15) is 5.75 Å². The van der Waals surface area contributed by atoms with E-state index in [1.54, 1.807) is 6.92 Å². The van der Waals surface area contributed by atoms with Crippen LogP contribution in [0.15, 0.2) is 30.6 Å². The highest BCUT2D eigenvalue weighted by molar-refractivity contribution is 7.89. The van der Waals surface area contributed by atoms with Crippen molar-refractivity contribution in [2.24, 2.45) is 0 Å². The normalized spacial score (nSPS) is 11.7. The van der Waals surface area contributed by atoms with Gasteiger partial charge in [-0.25, -0.2) is 17.9 Å². The van der Waals surface area contributed by atoms with E-state index in [0.717, 1.165) is 11.1 Å². The van der Waals surface area contributed by atoms with E-state index in [-0.39, 0.29) is 17.5 Å². The van der Waals surface area contributed by atoms with Crippen molar-refractivity contribution in [3.8, 4) is 0 Å². The minimum absolute atomic E-state index is 0.179. The lowest BCUT2D eigenvalue weighted by Crippen LogP contribution is -2.36. The number of aromatic nitrogens is 2. The number of hydrogen-bond donors (Lipinski definition) is 2. The smallest absolute Gasteiger partial charge is 0.307 e. The number of hydrogen-bond acceptors (Lipinski definition) is 5. The number of carbonyl (C=O) groups excluding carboxylic acids is 1. The van der Waals surface area contributed by atoms with Crippen molar-refractivity contribution < 1.29 is 13.2 Å². The van der Waals surface area contributed by atoms with Gasteiger partial charge in [0.2, 0.25) is 10.0 Å². The summed E-state index contributed by atoms with van der Waals surface area (Å²) in [6, 6.07) is 5.02. The quantitative estimate of drug-likeness (QED) is 0.783. The van der Waals surface area contributed by atoms with Gasteiger partial charge in [-0.05, 0) is 29.9 Å². The van der Waals surface area contributed by atoms with Gasteiger partial charge in [0.05, 0.1) is 11.4 Å². The predicted octanol–water partition coefficient (Wildman–Crippen LogP) is 3.68. The van der Waals surface area contributed by atoms with Crippen LogP contribution in [0.2, 0.25) is 0 Å². The van der Waals surface area contributed by atoms with Crippen LogP contribution in [0.3, 0.4) is 0 Å². The Morgan fingerprint density at radius 3 is 2.11 bits per heavy atom. The number of amides is 2. The fraction of sp³-hybridized carbons (Fsp3) is 0.421. The van der Waals surface area contributed by atoms with Crippen molar-refractivity contribution in [3.05, 3.63) is 53.1 Å². The van der Waals surface area contributed by atoms with E-state index < -0.39 is 21.8 Å². The number of nitrogens with one attached hydrogen (secondary N) is 2. The highest BCUT2D eigenvalue weighted by Crippen LogP contribution is 2.32. The maximum absolute atomic E-state index is 12.4. The van der Waals surface area contributed by atoms with Crippen LogP contribution in [-0.2, 0) is 15.8 Å². The summed E-state index contributed by atoms with van der Waals surface area (Å²) < 4.78 is 26.6. The number of urea groups is 1. The van der Waals surface area contributed by atoms with Crippen LogP contribution < -0.4 is 10.0 Å². The van der Waals surface area contributed by atoms with Crippen molar-refractivity contribution in [1.29, 1.82) is 0 Å². The van der Waals surface area contributed by atoms with Crippen LogP contribution in [-0.4, -0.2) is 24.4 Å². The number of anilines is 1. The molecule has 146 valence electrons. The zero-order valence-electron chi connectivity index (χ0n) is 16.3. The fourth-order valence-electron chi connectivity index (χ4n) is 2.70. The van der Waals surface area contributed by atoms with Gasteiger partial charge in [-0.3, -0.25) is 9.97 Å². The van der Waals surface area contributed by atoms with Gasteiger partial charge in [0.25, 0.3) is 0 Å². The summed E-state index contributed by atoms with van der Waals surface area (Å²) in [7, 11) is -3.90. The third kappa shape index (κ3) is 5.75. The Bertz CT molecular complexity index is 881. The van der Waals surface area contributed by atoms with E-state index in [9.17, 15) is 13.2 Å². The molecule has 27 heavy (non-hydrogen) atoms. The van der Waals surface area contributed by atoms with Gasteiger partial charge in [-0.15, -0.1) is 0 Å². The van der Waals surface area contributed by atoms with Crippen LogP contribution >= 0.6 is 0 Å². The maximum Gasteiger partial charge on any atom is 0.332 e. The summed E-state index contributed by atoms with van der Waals surface area (Å²) in [4.78, 5) is 20.4. The van der Waals surface area contributed by atoms with Crippen molar-refractivity contribution >= 4 is 21.7 Å². The Balaban J connectivity index is 2.18. The first-order chi connectivity index (χ1) is 12.6. The molecule has 8 heteroatoms. The van der Waals surface area contributed by atoms with Gasteiger partial charge in [0, 0.05) is 18.1 Å². The Morgan fingerprint density at radius 1 is 1.04 bits per heavy atom. The first-order valence-corrected chi connectivity index (χ1v) is 10.5. The Morgan fingerprint density at radius 2 is 1.63 bits per heavy atom. The Hall–Kier alpha value is -2.48. The van der Waals surface area contributed by atoms with E-state index in [1.165, 1.54) is 12.4 Å². The number of aryl methyl sites for hydroxylation is 1. The molecule has 0 radical (unpaired) electrons. The summed E-state index contributed by atoms with van der Waals surface area (Å²) in [5.74, 6) is -0.0619. The lowest BCUT2D eigenvalue weighted by molar-refractivity contribution is 0.256. The molecule has 2 N–H and O–H groups in total. The standard InChI is InChI=1S/C19H26N4O3S/c1-12(2)16-7-6-8-17(13(3)4)18(16)22-19(24)23-27(25,26)11-15-10-20-14(5)9-21-15/h6-10,12-13H,11H2,1-5H3,(H2,22,23,24). The lowest BCUT2D eigenvalue weighted by atomic mass is 9.93. The van der Waals surface area contributed by atoms with Gasteiger partial charge in [-0.2, -0.15) is 0 Å². The number of rotatable bonds is 6. The number of nitrogens with zero attached hydrogens (tertiary/aromatic N) is 2. The van der Waals surface area contributed by atoms with Crippen LogP contribution in [0.1, 0.15) is 62.0 Å². The highest BCUT2D eigenvalue weighted by atomic mass is 32.2. The molecule has 1 aromatic carbocycles. The Kier molecular flexibility index (Phi) is 6.54. The minimum Gasteiger partial charge on any atom is -0.307 e. The second-order valence-corrected chi connectivity index (χ2v) is 8.81. The van der Waals surface area contributed by atoms with Crippen LogP contribution in [0.4, 0.5) is 10.5 Å². The number of benzene rings is 1. The molecule has 0 unspecified atom stereocenters. The fourth-order valence-corrected chi connectivity index (χ4v) is 3.64. The highest BCUT2D eigenvalue weighted by Gasteiger charge is 2.20. The number of para-hydroxylation sites is 1. The SMILES string of the molecule is Cc1cnc(CS(=O)(=O)NC(=O)Nc2c(C(C)C)cccc2C(C)C)cn1. The molecule has 2 aromatic rings.